The number of benzene rings is 1. The van der Waals surface area contributed by atoms with E-state index in [1.807, 2.05) is 0 Å². The van der Waals surface area contributed by atoms with Crippen LogP contribution >= 0.6 is 0 Å². The third kappa shape index (κ3) is 2.31. The van der Waals surface area contributed by atoms with Crippen molar-refractivity contribution in [2.75, 3.05) is 0 Å². The molecule has 0 atom stereocenters. The van der Waals surface area contributed by atoms with Crippen LogP contribution in [-0.2, 0) is 17.4 Å². The van der Waals surface area contributed by atoms with Crippen LogP contribution in [0.15, 0.2) is 30.3 Å². The van der Waals surface area contributed by atoms with E-state index in [2.05, 4.69) is 0 Å². The van der Waals surface area contributed by atoms with Gasteiger partial charge in [-0.25, -0.2) is 0 Å². The maximum atomic E-state index is 12.0. The zero-order chi connectivity index (χ0) is 8.56. The third-order valence-corrected chi connectivity index (χ3v) is 3.09. The van der Waals surface area contributed by atoms with Crippen LogP contribution in [0.4, 0.5) is 12.4 Å². The normalized spacial score (nSPS) is 15.5. The topological polar surface area (TPSA) is 0 Å². The molecule has 11 heavy (non-hydrogen) atoms. The van der Waals surface area contributed by atoms with Crippen molar-refractivity contribution in [2.45, 2.75) is 0 Å². The van der Waals surface area contributed by atoms with Gasteiger partial charge in [-0.05, 0) is 0 Å². The summed E-state index contributed by atoms with van der Waals surface area (Å²) in [5.74, 6) is 0. The van der Waals surface area contributed by atoms with Crippen molar-refractivity contribution in [1.29, 1.82) is 0 Å². The van der Waals surface area contributed by atoms with E-state index >= 15 is 0 Å². The molecular weight excluding hydrogens is 196 g/mol. The summed E-state index contributed by atoms with van der Waals surface area (Å²) in [5, 5.41) is 0. The summed E-state index contributed by atoms with van der Waals surface area (Å²) >= 11 is -8.14. The summed E-state index contributed by atoms with van der Waals surface area (Å²) in [5.41, 5.74) is 0. The van der Waals surface area contributed by atoms with Gasteiger partial charge in [-0.2, -0.15) is 0 Å². The molecule has 0 saturated heterocycles. The monoisotopic (exact) mass is 201 g/mol. The van der Waals surface area contributed by atoms with Crippen LogP contribution in [0.5, 0.6) is 0 Å². The second kappa shape index (κ2) is 2.32. The van der Waals surface area contributed by atoms with E-state index in [9.17, 15) is 12.4 Å². The first kappa shape index (κ1) is 8.75. The molecule has 0 amide bonds. The fraction of sp³-hybridized carbons (Fsp3) is 0. The van der Waals surface area contributed by atoms with E-state index in [0.29, 0.717) is 0 Å². The van der Waals surface area contributed by atoms with Crippen LogP contribution in [0.3, 0.4) is 0 Å². The molecule has 0 saturated carbocycles. The van der Waals surface area contributed by atoms with Gasteiger partial charge in [-0.15, -0.1) is 0 Å². The molecule has 0 N–H and O–H groups in total. The Hall–Kier alpha value is -0.346. The average Bonchev–Trinajstić information content (AvgIpc) is 1.86. The van der Waals surface area contributed by atoms with Gasteiger partial charge < -0.3 is 0 Å². The average molecular weight is 201 g/mol. The maximum absolute atomic E-state index is 12.0. The number of hydrogen-bond acceptors (Lipinski definition) is 0. The molecule has 0 spiro atoms. The van der Waals surface area contributed by atoms with E-state index in [4.69, 9.17) is 0 Å². The van der Waals surface area contributed by atoms with Gasteiger partial charge in [0.05, 0.1) is 0 Å². The molecule has 0 fully saturated rings. The first-order chi connectivity index (χ1) is 4.86. The molecule has 0 heterocycles. The van der Waals surface area contributed by atoms with Crippen molar-refractivity contribution in [1.82, 2.24) is 0 Å². The van der Waals surface area contributed by atoms with Crippen molar-refractivity contribution in [3.63, 3.8) is 0 Å². The molecule has 1 aromatic rings. The molecule has 0 unspecified atom stereocenters. The molecule has 61 valence electrons. The minimum absolute atomic E-state index is 0.761. The first-order valence-corrected chi connectivity index (χ1v) is 6.06. The Morgan fingerprint density at radius 1 is 0.818 bits per heavy atom. The van der Waals surface area contributed by atoms with Crippen LogP contribution in [0.25, 0.3) is 0 Å². The Balaban J connectivity index is 3.14. The fourth-order valence-corrected chi connectivity index (χ4v) is 1.78. The molecule has 1 rings (SSSR count). The van der Waals surface area contributed by atoms with Gasteiger partial charge in [0, 0.05) is 0 Å². The van der Waals surface area contributed by atoms with E-state index in [-0.39, 0.29) is 0 Å². The van der Waals surface area contributed by atoms with Crippen LogP contribution in [0, 0.1) is 0 Å². The predicted molar refractivity (Wildman–Crippen MR) is 30.5 cm³/mol. The van der Waals surface area contributed by atoms with Crippen molar-refractivity contribution >= 4 is 3.87 Å². The molecule has 1 aromatic carbocycles. The Labute approximate surface area is 64.4 Å². The number of hydrogen-bond donors (Lipinski definition) is 0. The molecule has 0 aliphatic heterocycles. The van der Waals surface area contributed by atoms with Gasteiger partial charge in [0.1, 0.15) is 0 Å². The zero-order valence-electron chi connectivity index (χ0n) is 5.40. The molecule has 0 bridgehead atoms. The zero-order valence-corrected chi connectivity index (χ0v) is 6.96. The summed E-state index contributed by atoms with van der Waals surface area (Å²) < 4.78 is 46.9. The van der Waals surface area contributed by atoms with Crippen molar-refractivity contribution in [3.05, 3.63) is 30.3 Å². The molecule has 0 nitrogen and oxygen atoms in total. The van der Waals surface area contributed by atoms with Crippen LogP contribution < -0.4 is 3.87 Å². The second-order valence-electron chi connectivity index (χ2n) is 2.17. The SMILES string of the molecule is [F][Ti]([F])([F])([F])[c]1ccccc1. The van der Waals surface area contributed by atoms with E-state index in [1.54, 1.807) is 0 Å². The Kier molecular flexibility index (Phi) is 1.85. The molecular formula is C6H5F4Ti. The fourth-order valence-electron chi connectivity index (χ4n) is 0.690. The first-order valence-electron chi connectivity index (χ1n) is 2.92. The number of rotatable bonds is 1. The van der Waals surface area contributed by atoms with Crippen LogP contribution in [0.2, 0.25) is 0 Å². The molecule has 0 aliphatic rings. The van der Waals surface area contributed by atoms with Gasteiger partial charge in [0.25, 0.3) is 0 Å². The molecule has 0 aliphatic carbocycles. The second-order valence-corrected chi connectivity index (χ2v) is 5.59. The van der Waals surface area contributed by atoms with Crippen molar-refractivity contribution in [3.8, 4) is 0 Å². The minimum atomic E-state index is -8.14. The van der Waals surface area contributed by atoms with Gasteiger partial charge in [-0.1, -0.05) is 0 Å². The van der Waals surface area contributed by atoms with Crippen molar-refractivity contribution in [2.24, 2.45) is 0 Å². The van der Waals surface area contributed by atoms with Crippen LogP contribution in [0.1, 0.15) is 0 Å². The van der Waals surface area contributed by atoms with Crippen molar-refractivity contribution < 1.29 is 29.8 Å². The van der Waals surface area contributed by atoms with Gasteiger partial charge >= 0.3 is 64.0 Å². The predicted octanol–water partition coefficient (Wildman–Crippen LogP) is 2.54. The molecule has 5 heteroatoms. The Morgan fingerprint density at radius 3 is 1.55 bits per heavy atom. The Morgan fingerprint density at radius 2 is 1.27 bits per heavy atom. The summed E-state index contributed by atoms with van der Waals surface area (Å²) in [6.07, 6.45) is 0. The van der Waals surface area contributed by atoms with E-state index in [0.717, 1.165) is 12.1 Å². The third-order valence-electron chi connectivity index (χ3n) is 1.21. The van der Waals surface area contributed by atoms with Gasteiger partial charge in [0.2, 0.25) is 0 Å². The standard InChI is InChI=1S/C6H5.4FH.Ti/c1-2-4-6-5-3-1;;;;;/h1-5H;4*1H;/q;;;;;+4/p-4. The molecule has 0 radical (unpaired) electrons. The van der Waals surface area contributed by atoms with E-state index < -0.39 is 21.3 Å². The quantitative estimate of drug-likeness (QED) is 0.483. The Bertz CT molecular complexity index is 241. The van der Waals surface area contributed by atoms with Gasteiger partial charge in [-0.3, -0.25) is 0 Å². The summed E-state index contributed by atoms with van der Waals surface area (Å²) in [6, 6.07) is 5.29. The summed E-state index contributed by atoms with van der Waals surface area (Å²) in [7, 11) is 0. The summed E-state index contributed by atoms with van der Waals surface area (Å²) in [6.45, 7) is 0. The van der Waals surface area contributed by atoms with E-state index in [1.165, 1.54) is 18.2 Å². The number of halogens is 4. The van der Waals surface area contributed by atoms with Gasteiger partial charge in [0.15, 0.2) is 0 Å². The molecule has 0 aromatic heterocycles. The van der Waals surface area contributed by atoms with Crippen LogP contribution in [-0.4, -0.2) is 0 Å². The summed E-state index contributed by atoms with van der Waals surface area (Å²) in [4.78, 5) is 0.